The molecule has 19 heavy (non-hydrogen) atoms. The van der Waals surface area contributed by atoms with Gasteiger partial charge in [0.25, 0.3) is 0 Å². The third-order valence-electron chi connectivity index (χ3n) is 3.11. The van der Waals surface area contributed by atoms with Gasteiger partial charge in [0, 0.05) is 17.6 Å². The van der Waals surface area contributed by atoms with Crippen molar-refractivity contribution in [3.05, 3.63) is 34.9 Å². The lowest BCUT2D eigenvalue weighted by molar-refractivity contribution is -0.00949. The highest BCUT2D eigenvalue weighted by atomic mass is 35.5. The maximum absolute atomic E-state index is 9.93. The summed E-state index contributed by atoms with van der Waals surface area (Å²) in [6.07, 6.45) is -0.334. The maximum atomic E-state index is 9.93. The number of nitrogens with zero attached hydrogens (tertiary/aromatic N) is 1. The number of rotatable bonds is 7. The van der Waals surface area contributed by atoms with Crippen molar-refractivity contribution in [2.45, 2.75) is 39.0 Å². The summed E-state index contributed by atoms with van der Waals surface area (Å²) in [6.45, 7) is 6.96. The Morgan fingerprint density at radius 1 is 1.32 bits per heavy atom. The lowest BCUT2D eigenvalue weighted by atomic mass is 10.1. The first-order valence-corrected chi connectivity index (χ1v) is 7.03. The summed E-state index contributed by atoms with van der Waals surface area (Å²) >= 11 is 6.00. The van der Waals surface area contributed by atoms with Crippen LogP contribution in [0.2, 0.25) is 5.02 Å². The van der Waals surface area contributed by atoms with Crippen molar-refractivity contribution >= 4 is 11.6 Å². The smallest absolute Gasteiger partial charge is 0.0900 e. The molecular formula is C15H24ClNO2. The molecule has 108 valence electrons. The normalized spacial score (nSPS) is 14.9. The predicted octanol–water partition coefficient (Wildman–Crippen LogP) is 3.12. The Hall–Kier alpha value is -0.610. The first-order chi connectivity index (χ1) is 8.90. The van der Waals surface area contributed by atoms with Crippen molar-refractivity contribution in [3.63, 3.8) is 0 Å². The average Bonchev–Trinajstić information content (AvgIpc) is 2.35. The van der Waals surface area contributed by atoms with Crippen LogP contribution in [0, 0.1) is 0 Å². The third-order valence-corrected chi connectivity index (χ3v) is 3.35. The van der Waals surface area contributed by atoms with E-state index in [9.17, 15) is 5.11 Å². The maximum Gasteiger partial charge on any atom is 0.0900 e. The highest BCUT2D eigenvalue weighted by Crippen LogP contribution is 2.21. The fourth-order valence-electron chi connectivity index (χ4n) is 1.87. The van der Waals surface area contributed by atoms with Crippen LogP contribution in [0.1, 0.15) is 32.4 Å². The molecule has 0 aliphatic heterocycles. The molecule has 4 heteroatoms. The molecule has 0 radical (unpaired) electrons. The summed E-state index contributed by atoms with van der Waals surface area (Å²) in [5.74, 6) is 0. The number of aliphatic hydroxyl groups is 1. The second-order valence-corrected chi connectivity index (χ2v) is 5.64. The zero-order valence-corrected chi connectivity index (χ0v) is 12.9. The van der Waals surface area contributed by atoms with Gasteiger partial charge in [0.15, 0.2) is 0 Å². The van der Waals surface area contributed by atoms with Crippen molar-refractivity contribution in [2.75, 3.05) is 20.2 Å². The van der Waals surface area contributed by atoms with Crippen LogP contribution < -0.4 is 0 Å². The number of likely N-dealkylation sites (N-methyl/N-ethyl adjacent to an activating group) is 1. The van der Waals surface area contributed by atoms with Crippen molar-refractivity contribution in [3.8, 4) is 0 Å². The van der Waals surface area contributed by atoms with Gasteiger partial charge in [-0.1, -0.05) is 23.7 Å². The summed E-state index contributed by atoms with van der Waals surface area (Å²) in [6, 6.07) is 8.01. The van der Waals surface area contributed by atoms with E-state index in [1.54, 1.807) is 0 Å². The molecule has 2 atom stereocenters. The summed E-state index contributed by atoms with van der Waals surface area (Å²) in [4.78, 5) is 2.10. The van der Waals surface area contributed by atoms with Crippen molar-refractivity contribution in [2.24, 2.45) is 0 Å². The Balaban J connectivity index is 2.50. The molecular weight excluding hydrogens is 262 g/mol. The van der Waals surface area contributed by atoms with Crippen LogP contribution in [-0.2, 0) is 4.74 Å². The van der Waals surface area contributed by atoms with Crippen molar-refractivity contribution in [1.82, 2.24) is 4.90 Å². The number of ether oxygens (including phenoxy) is 1. The Morgan fingerprint density at radius 2 is 2.00 bits per heavy atom. The third kappa shape index (κ3) is 5.91. The lowest BCUT2D eigenvalue weighted by Crippen LogP contribution is -2.34. The second-order valence-electron chi connectivity index (χ2n) is 5.21. The largest absolute Gasteiger partial charge is 0.389 e. The van der Waals surface area contributed by atoms with E-state index >= 15 is 0 Å². The van der Waals surface area contributed by atoms with Gasteiger partial charge in [-0.25, -0.2) is 0 Å². The van der Waals surface area contributed by atoms with Gasteiger partial charge in [0.1, 0.15) is 0 Å². The molecule has 2 unspecified atom stereocenters. The quantitative estimate of drug-likeness (QED) is 0.835. The van der Waals surface area contributed by atoms with E-state index in [-0.39, 0.29) is 12.1 Å². The highest BCUT2D eigenvalue weighted by molar-refractivity contribution is 6.30. The topological polar surface area (TPSA) is 32.7 Å². The van der Waals surface area contributed by atoms with E-state index in [2.05, 4.69) is 11.8 Å². The summed E-state index contributed by atoms with van der Waals surface area (Å²) in [7, 11) is 1.99. The minimum Gasteiger partial charge on any atom is -0.389 e. The van der Waals surface area contributed by atoms with E-state index in [1.165, 1.54) is 0 Å². The highest BCUT2D eigenvalue weighted by Gasteiger charge is 2.16. The number of hydrogen-bond acceptors (Lipinski definition) is 3. The minimum atomic E-state index is -0.478. The summed E-state index contributed by atoms with van der Waals surface area (Å²) < 4.78 is 5.41. The zero-order chi connectivity index (χ0) is 14.4. The molecule has 0 bridgehead atoms. The van der Waals surface area contributed by atoms with Crippen LogP contribution >= 0.6 is 11.6 Å². The van der Waals surface area contributed by atoms with Gasteiger partial charge in [0.2, 0.25) is 0 Å². The molecule has 0 saturated heterocycles. The molecule has 0 heterocycles. The molecule has 0 aliphatic carbocycles. The monoisotopic (exact) mass is 285 g/mol. The Labute approximate surface area is 121 Å². The SMILES string of the molecule is CC(C)OCC(O)CN(C)C(C)c1cccc(Cl)c1. The van der Waals surface area contributed by atoms with E-state index < -0.39 is 6.10 Å². The van der Waals surface area contributed by atoms with E-state index in [1.807, 2.05) is 45.2 Å². The molecule has 1 N–H and O–H groups in total. The van der Waals surface area contributed by atoms with Crippen LogP contribution in [0.15, 0.2) is 24.3 Å². The molecule has 0 aromatic heterocycles. The number of benzene rings is 1. The van der Waals surface area contributed by atoms with E-state index in [0.29, 0.717) is 13.2 Å². The van der Waals surface area contributed by atoms with Crippen LogP contribution in [-0.4, -0.2) is 42.4 Å². The first kappa shape index (κ1) is 16.4. The molecule has 3 nitrogen and oxygen atoms in total. The second kappa shape index (κ2) is 7.85. The molecule has 0 aliphatic rings. The van der Waals surface area contributed by atoms with Crippen LogP contribution in [0.25, 0.3) is 0 Å². The number of aliphatic hydroxyl groups excluding tert-OH is 1. The van der Waals surface area contributed by atoms with E-state index in [4.69, 9.17) is 16.3 Å². The average molecular weight is 286 g/mol. The summed E-state index contributed by atoms with van der Waals surface area (Å²) in [5.41, 5.74) is 1.15. The molecule has 0 spiro atoms. The van der Waals surface area contributed by atoms with Crippen LogP contribution in [0.4, 0.5) is 0 Å². The molecule has 0 saturated carbocycles. The standard InChI is InChI=1S/C15H24ClNO2/c1-11(2)19-10-15(18)9-17(4)12(3)13-6-5-7-14(16)8-13/h5-8,11-12,15,18H,9-10H2,1-4H3. The summed E-state index contributed by atoms with van der Waals surface area (Å²) in [5, 5.41) is 10.7. The van der Waals surface area contributed by atoms with Gasteiger partial charge < -0.3 is 9.84 Å². The number of halogens is 1. The zero-order valence-electron chi connectivity index (χ0n) is 12.1. The van der Waals surface area contributed by atoms with Crippen LogP contribution in [0.3, 0.4) is 0 Å². The van der Waals surface area contributed by atoms with Gasteiger partial charge >= 0.3 is 0 Å². The van der Waals surface area contributed by atoms with Gasteiger partial charge in [-0.05, 0) is 45.5 Å². The van der Waals surface area contributed by atoms with Crippen LogP contribution in [0.5, 0.6) is 0 Å². The van der Waals surface area contributed by atoms with Gasteiger partial charge in [0.05, 0.1) is 18.8 Å². The van der Waals surface area contributed by atoms with Crippen molar-refractivity contribution < 1.29 is 9.84 Å². The minimum absolute atomic E-state index is 0.144. The van der Waals surface area contributed by atoms with E-state index in [0.717, 1.165) is 10.6 Å². The van der Waals surface area contributed by atoms with Gasteiger partial charge in [-0.2, -0.15) is 0 Å². The predicted molar refractivity (Wildman–Crippen MR) is 79.6 cm³/mol. The van der Waals surface area contributed by atoms with Gasteiger partial charge in [-0.15, -0.1) is 0 Å². The Kier molecular flexibility index (Phi) is 6.80. The molecule has 1 aromatic carbocycles. The fourth-order valence-corrected chi connectivity index (χ4v) is 2.07. The number of hydrogen-bond donors (Lipinski definition) is 1. The Bertz CT molecular complexity index is 384. The van der Waals surface area contributed by atoms with Crippen molar-refractivity contribution in [1.29, 1.82) is 0 Å². The first-order valence-electron chi connectivity index (χ1n) is 6.65. The Morgan fingerprint density at radius 3 is 2.58 bits per heavy atom. The fraction of sp³-hybridized carbons (Fsp3) is 0.600. The molecule has 0 amide bonds. The molecule has 1 rings (SSSR count). The molecule has 1 aromatic rings. The van der Waals surface area contributed by atoms with Gasteiger partial charge in [-0.3, -0.25) is 4.90 Å². The lowest BCUT2D eigenvalue weighted by Gasteiger charge is -2.27. The molecule has 0 fully saturated rings.